The SMILES string of the molecule is CC[C@@]12O[C@@H](n3cc(C)c(=O)[nH]c3=O)[C@H](C1O[Si](O[Si](O)(C(C)C)C(C)C)(C(C)C)C(C)C)n1nncc12. The lowest BCUT2D eigenvalue weighted by Gasteiger charge is -2.48. The molecule has 2 aromatic rings. The Morgan fingerprint density at radius 1 is 1.11 bits per heavy atom. The van der Waals surface area contributed by atoms with Crippen LogP contribution in [-0.4, -0.2) is 52.6 Å². The number of hydrogen-bond donors (Lipinski definition) is 2. The van der Waals surface area contributed by atoms with Crippen molar-refractivity contribution in [3.05, 3.63) is 44.5 Å². The molecule has 0 amide bonds. The normalized spacial score (nSPS) is 25.4. The molecule has 4 atom stereocenters. The minimum Gasteiger partial charge on any atom is -0.414 e. The number of aromatic nitrogens is 5. The van der Waals surface area contributed by atoms with Gasteiger partial charge in [-0.25, -0.2) is 9.48 Å². The van der Waals surface area contributed by atoms with E-state index in [1.807, 2.05) is 34.6 Å². The zero-order chi connectivity index (χ0) is 28.4. The molecule has 4 rings (SSSR count). The van der Waals surface area contributed by atoms with Gasteiger partial charge in [0.05, 0.1) is 11.9 Å². The fraction of sp³-hybridized carbons (Fsp3) is 0.760. The number of aryl methyl sites for hydroxylation is 1. The van der Waals surface area contributed by atoms with Gasteiger partial charge in [-0.15, -0.1) is 5.10 Å². The Bertz CT molecular complexity index is 1270. The Labute approximate surface area is 226 Å². The number of nitrogens with zero attached hydrogens (tertiary/aromatic N) is 4. The van der Waals surface area contributed by atoms with Crippen LogP contribution >= 0.6 is 0 Å². The second-order valence-electron chi connectivity index (χ2n) is 12.0. The number of fused-ring (bicyclic) bond motifs is 5. The van der Waals surface area contributed by atoms with Crippen molar-refractivity contribution in [1.29, 1.82) is 0 Å². The van der Waals surface area contributed by atoms with E-state index >= 15 is 0 Å². The van der Waals surface area contributed by atoms with Gasteiger partial charge in [0.1, 0.15) is 17.7 Å². The molecule has 1 saturated heterocycles. The predicted molar refractivity (Wildman–Crippen MR) is 147 cm³/mol. The molecule has 2 bridgehead atoms. The number of ether oxygens (including phenoxy) is 1. The van der Waals surface area contributed by atoms with Gasteiger partial charge in [0.25, 0.3) is 5.56 Å². The van der Waals surface area contributed by atoms with Crippen molar-refractivity contribution in [2.75, 3.05) is 0 Å². The maximum Gasteiger partial charge on any atom is 0.335 e. The maximum absolute atomic E-state index is 12.9. The van der Waals surface area contributed by atoms with Crippen LogP contribution < -0.4 is 11.2 Å². The molecule has 0 spiro atoms. The van der Waals surface area contributed by atoms with Crippen molar-refractivity contribution in [2.24, 2.45) is 0 Å². The first-order chi connectivity index (χ1) is 17.7. The van der Waals surface area contributed by atoms with Gasteiger partial charge < -0.3 is 18.1 Å². The summed E-state index contributed by atoms with van der Waals surface area (Å²) in [7, 11) is -6.33. The van der Waals surface area contributed by atoms with Crippen LogP contribution in [0.3, 0.4) is 0 Å². The van der Waals surface area contributed by atoms with Gasteiger partial charge >= 0.3 is 22.8 Å². The summed E-state index contributed by atoms with van der Waals surface area (Å²) >= 11 is 0. The van der Waals surface area contributed by atoms with E-state index in [-0.39, 0.29) is 22.2 Å². The maximum atomic E-state index is 12.9. The zero-order valence-corrected chi connectivity index (χ0v) is 26.2. The smallest absolute Gasteiger partial charge is 0.335 e. The van der Waals surface area contributed by atoms with Crippen LogP contribution in [0.1, 0.15) is 92.3 Å². The molecule has 0 aromatic carbocycles. The molecule has 11 nitrogen and oxygen atoms in total. The first-order valence-electron chi connectivity index (χ1n) is 13.7. The Kier molecular flexibility index (Phi) is 7.60. The van der Waals surface area contributed by atoms with Crippen LogP contribution in [0, 0.1) is 6.92 Å². The lowest BCUT2D eigenvalue weighted by atomic mass is 9.93. The predicted octanol–water partition coefficient (Wildman–Crippen LogP) is 3.74. The summed E-state index contributed by atoms with van der Waals surface area (Å²) in [6, 6.07) is -0.517. The van der Waals surface area contributed by atoms with Crippen LogP contribution in [0.25, 0.3) is 0 Å². The molecule has 2 aromatic heterocycles. The minimum atomic E-state index is -3.20. The number of rotatable bonds is 10. The highest BCUT2D eigenvalue weighted by Crippen LogP contribution is 2.60. The summed E-state index contributed by atoms with van der Waals surface area (Å²) in [5.41, 5.74) is -0.730. The summed E-state index contributed by atoms with van der Waals surface area (Å²) < 4.78 is 24.2. The third-order valence-corrected chi connectivity index (χ3v) is 18.3. The molecule has 0 saturated carbocycles. The van der Waals surface area contributed by atoms with E-state index < -0.39 is 52.3 Å². The van der Waals surface area contributed by atoms with Crippen molar-refractivity contribution in [1.82, 2.24) is 24.5 Å². The fourth-order valence-corrected chi connectivity index (χ4v) is 16.1. The van der Waals surface area contributed by atoms with Crippen molar-refractivity contribution in [3.63, 3.8) is 0 Å². The van der Waals surface area contributed by atoms with E-state index in [1.54, 1.807) is 17.8 Å². The molecular formula is C25H43N5O6Si2. The molecule has 0 aliphatic carbocycles. The topological polar surface area (TPSA) is 133 Å². The minimum absolute atomic E-state index is 0.0230. The van der Waals surface area contributed by atoms with Crippen LogP contribution in [0.2, 0.25) is 22.2 Å². The largest absolute Gasteiger partial charge is 0.414 e. The highest BCUT2D eigenvalue weighted by atomic mass is 28.5. The standard InChI is InChI=1S/C25H43N5O6Si2/c1-11-25-19-12-26-28-30(19)20(23(34-25)29-13-18(10)22(31)27-24(29)32)21(25)35-38(16(6)7,17(8)9)36-37(33,14(2)3)15(4)5/h12-17,20-21,23,33H,11H2,1-10H3,(H,27,31,32)/t20-,21?,23+,25-/m0/s1. The lowest BCUT2D eigenvalue weighted by molar-refractivity contribution is -0.122. The van der Waals surface area contributed by atoms with E-state index in [0.717, 1.165) is 5.69 Å². The summed E-state index contributed by atoms with van der Waals surface area (Å²) in [5, 5.41) is 8.52. The zero-order valence-electron chi connectivity index (χ0n) is 24.2. The van der Waals surface area contributed by atoms with Crippen LogP contribution in [0.15, 0.2) is 22.0 Å². The second kappa shape index (κ2) is 9.93. The molecule has 1 unspecified atom stereocenters. The molecule has 13 heteroatoms. The van der Waals surface area contributed by atoms with Gasteiger partial charge in [0.15, 0.2) is 6.23 Å². The first kappa shape index (κ1) is 29.1. The molecule has 38 heavy (non-hydrogen) atoms. The molecular weight excluding hydrogens is 522 g/mol. The average molecular weight is 566 g/mol. The Balaban J connectivity index is 1.87. The van der Waals surface area contributed by atoms with Crippen molar-refractivity contribution in [3.8, 4) is 0 Å². The summed E-state index contributed by atoms with van der Waals surface area (Å²) in [6.07, 6.45) is 2.47. The summed E-state index contributed by atoms with van der Waals surface area (Å²) in [5.74, 6) is 0. The fourth-order valence-electron chi connectivity index (χ4n) is 6.18. The molecule has 1 fully saturated rings. The van der Waals surface area contributed by atoms with E-state index in [2.05, 4.69) is 43.0 Å². The van der Waals surface area contributed by atoms with Crippen molar-refractivity contribution < 1.29 is 18.1 Å². The molecule has 2 aliphatic heterocycles. The van der Waals surface area contributed by atoms with Crippen molar-refractivity contribution in [2.45, 2.75) is 122 Å². The number of hydrogen-bond acceptors (Lipinski definition) is 8. The third kappa shape index (κ3) is 4.13. The van der Waals surface area contributed by atoms with Crippen LogP contribution in [0.5, 0.6) is 0 Å². The van der Waals surface area contributed by atoms with E-state index in [1.165, 1.54) is 10.8 Å². The van der Waals surface area contributed by atoms with Gasteiger partial charge in [0, 0.05) is 11.8 Å². The highest BCUT2D eigenvalue weighted by molar-refractivity contribution is 6.83. The second-order valence-corrected chi connectivity index (χ2v) is 20.6. The quantitative estimate of drug-likeness (QED) is 0.416. The Morgan fingerprint density at radius 3 is 2.24 bits per heavy atom. The number of aromatic amines is 1. The highest BCUT2D eigenvalue weighted by Gasteiger charge is 2.68. The van der Waals surface area contributed by atoms with Gasteiger partial charge in [-0.05, 0) is 35.5 Å². The summed E-state index contributed by atoms with van der Waals surface area (Å²) in [6.45, 7) is 20.1. The van der Waals surface area contributed by atoms with Gasteiger partial charge in [-0.3, -0.25) is 14.3 Å². The molecule has 0 radical (unpaired) electrons. The number of H-pyrrole nitrogens is 1. The van der Waals surface area contributed by atoms with Gasteiger partial charge in [0.2, 0.25) is 0 Å². The average Bonchev–Trinajstić information content (AvgIpc) is 3.50. The monoisotopic (exact) mass is 565 g/mol. The Morgan fingerprint density at radius 2 is 1.71 bits per heavy atom. The van der Waals surface area contributed by atoms with E-state index in [4.69, 9.17) is 13.3 Å². The molecule has 2 aliphatic rings. The van der Waals surface area contributed by atoms with E-state index in [9.17, 15) is 14.4 Å². The van der Waals surface area contributed by atoms with Gasteiger partial charge in [-0.1, -0.05) is 67.5 Å². The van der Waals surface area contributed by atoms with E-state index in [0.29, 0.717) is 12.0 Å². The Hall–Kier alpha value is -1.91. The first-order valence-corrected chi connectivity index (χ1v) is 17.6. The third-order valence-electron chi connectivity index (χ3n) is 8.53. The molecule has 2 N–H and O–H groups in total. The van der Waals surface area contributed by atoms with Crippen LogP contribution in [0.4, 0.5) is 0 Å². The molecule has 4 heterocycles. The van der Waals surface area contributed by atoms with Crippen LogP contribution in [-0.2, 0) is 18.9 Å². The van der Waals surface area contributed by atoms with Crippen molar-refractivity contribution >= 4 is 17.1 Å². The van der Waals surface area contributed by atoms with Gasteiger partial charge in [-0.2, -0.15) is 0 Å². The number of nitrogens with one attached hydrogen (secondary N) is 1. The lowest BCUT2D eigenvalue weighted by Crippen LogP contribution is -2.62. The molecule has 212 valence electrons. The summed E-state index contributed by atoms with van der Waals surface area (Å²) in [4.78, 5) is 39.4.